The summed E-state index contributed by atoms with van der Waals surface area (Å²) in [5.41, 5.74) is 1.99. The fourth-order valence-electron chi connectivity index (χ4n) is 1.47. The van der Waals surface area contributed by atoms with Crippen LogP contribution < -0.4 is 0 Å². The zero-order valence-corrected chi connectivity index (χ0v) is 11.5. The molecule has 0 aliphatic heterocycles. The molecule has 0 aromatic heterocycles. The summed E-state index contributed by atoms with van der Waals surface area (Å²) in [4.78, 5) is 11.8. The average molecular weight is 307 g/mol. The zero-order valence-electron chi connectivity index (χ0n) is 9.10. The maximum Gasteiger partial charge on any atom is 0.150 e. The highest BCUT2D eigenvalue weighted by molar-refractivity contribution is 9.10. The Kier molecular flexibility index (Phi) is 4.40. The maximum absolute atomic E-state index is 10.7. The predicted octanol–water partition coefficient (Wildman–Crippen LogP) is 4.55. The summed E-state index contributed by atoms with van der Waals surface area (Å²) in [5, 5.41) is 0. The molecule has 0 spiro atoms. The minimum Gasteiger partial charge on any atom is -0.298 e. The molecule has 3 heteroatoms. The molecule has 86 valence electrons. The van der Waals surface area contributed by atoms with Gasteiger partial charge < -0.3 is 0 Å². The highest BCUT2D eigenvalue weighted by Crippen LogP contribution is 2.24. The second kappa shape index (κ2) is 6.03. The van der Waals surface area contributed by atoms with Crippen LogP contribution in [-0.4, -0.2) is 6.29 Å². The Hall–Kier alpha value is -1.06. The number of aldehydes is 1. The Morgan fingerprint density at radius 3 is 2.71 bits per heavy atom. The van der Waals surface area contributed by atoms with Gasteiger partial charge in [-0.05, 0) is 29.8 Å². The third-order valence-corrected chi connectivity index (χ3v) is 3.85. The molecule has 2 rings (SSSR count). The van der Waals surface area contributed by atoms with Crippen molar-refractivity contribution in [3.63, 3.8) is 0 Å². The zero-order chi connectivity index (χ0) is 12.1. The molecule has 0 radical (unpaired) electrons. The number of hydrogen-bond acceptors (Lipinski definition) is 2. The molecule has 0 saturated carbocycles. The Morgan fingerprint density at radius 2 is 1.94 bits per heavy atom. The SMILES string of the molecule is O=Cc1cccc(SCc2cccc(Br)c2)c1. The molecule has 0 amide bonds. The summed E-state index contributed by atoms with van der Waals surface area (Å²) in [6.45, 7) is 0. The first-order valence-electron chi connectivity index (χ1n) is 5.20. The van der Waals surface area contributed by atoms with Crippen LogP contribution in [0.2, 0.25) is 0 Å². The Labute approximate surface area is 113 Å². The maximum atomic E-state index is 10.7. The largest absolute Gasteiger partial charge is 0.298 e. The minimum absolute atomic E-state index is 0.726. The van der Waals surface area contributed by atoms with Crippen molar-refractivity contribution in [1.29, 1.82) is 0 Å². The minimum atomic E-state index is 0.726. The van der Waals surface area contributed by atoms with E-state index in [1.807, 2.05) is 36.4 Å². The first kappa shape index (κ1) is 12.4. The first-order valence-corrected chi connectivity index (χ1v) is 6.98. The number of hydrogen-bond donors (Lipinski definition) is 0. The highest BCUT2D eigenvalue weighted by Gasteiger charge is 1.98. The van der Waals surface area contributed by atoms with Crippen molar-refractivity contribution in [2.24, 2.45) is 0 Å². The lowest BCUT2D eigenvalue weighted by Gasteiger charge is -2.03. The Morgan fingerprint density at radius 1 is 1.12 bits per heavy atom. The number of rotatable bonds is 4. The topological polar surface area (TPSA) is 17.1 Å². The van der Waals surface area contributed by atoms with Gasteiger partial charge in [0.2, 0.25) is 0 Å². The molecule has 0 aliphatic carbocycles. The van der Waals surface area contributed by atoms with E-state index >= 15 is 0 Å². The van der Waals surface area contributed by atoms with E-state index in [0.717, 1.165) is 27.0 Å². The standard InChI is InChI=1S/C14H11BrOS/c15-13-5-1-4-12(7-13)10-17-14-6-2-3-11(8-14)9-16/h1-9H,10H2. The second-order valence-corrected chi connectivity index (χ2v) is 5.57. The molecule has 2 aromatic rings. The molecule has 0 bridgehead atoms. The third-order valence-electron chi connectivity index (χ3n) is 2.29. The van der Waals surface area contributed by atoms with Crippen LogP contribution >= 0.6 is 27.7 Å². The van der Waals surface area contributed by atoms with Crippen LogP contribution in [0.1, 0.15) is 15.9 Å². The van der Waals surface area contributed by atoms with Crippen molar-refractivity contribution >= 4 is 34.0 Å². The van der Waals surface area contributed by atoms with Gasteiger partial charge in [-0.2, -0.15) is 0 Å². The van der Waals surface area contributed by atoms with Crippen molar-refractivity contribution in [3.05, 3.63) is 64.1 Å². The molecule has 0 atom stereocenters. The van der Waals surface area contributed by atoms with Gasteiger partial charge in [0, 0.05) is 20.7 Å². The molecule has 1 nitrogen and oxygen atoms in total. The lowest BCUT2D eigenvalue weighted by atomic mass is 10.2. The molecule has 2 aromatic carbocycles. The second-order valence-electron chi connectivity index (χ2n) is 3.61. The van der Waals surface area contributed by atoms with Gasteiger partial charge in [0.1, 0.15) is 6.29 Å². The smallest absolute Gasteiger partial charge is 0.150 e. The van der Waals surface area contributed by atoms with Crippen LogP contribution in [-0.2, 0) is 5.75 Å². The van der Waals surface area contributed by atoms with Crippen molar-refractivity contribution in [2.75, 3.05) is 0 Å². The highest BCUT2D eigenvalue weighted by atomic mass is 79.9. The summed E-state index contributed by atoms with van der Waals surface area (Å²) >= 11 is 5.19. The summed E-state index contributed by atoms with van der Waals surface area (Å²) in [5.74, 6) is 0.905. The Balaban J connectivity index is 2.04. The van der Waals surface area contributed by atoms with E-state index < -0.39 is 0 Å². The summed E-state index contributed by atoms with van der Waals surface area (Å²) in [7, 11) is 0. The molecular formula is C14H11BrOS. The van der Waals surface area contributed by atoms with Crippen molar-refractivity contribution in [1.82, 2.24) is 0 Å². The Bertz CT molecular complexity index is 525. The van der Waals surface area contributed by atoms with Crippen LogP contribution in [0.3, 0.4) is 0 Å². The van der Waals surface area contributed by atoms with E-state index in [4.69, 9.17) is 0 Å². The van der Waals surface area contributed by atoms with Crippen molar-refractivity contribution < 1.29 is 4.79 Å². The number of halogens is 1. The molecule has 0 heterocycles. The van der Waals surface area contributed by atoms with E-state index in [0.29, 0.717) is 0 Å². The first-order chi connectivity index (χ1) is 8.28. The fourth-order valence-corrected chi connectivity index (χ4v) is 2.82. The van der Waals surface area contributed by atoms with Crippen LogP contribution in [0.4, 0.5) is 0 Å². The molecule has 17 heavy (non-hydrogen) atoms. The molecule has 0 unspecified atom stereocenters. The van der Waals surface area contributed by atoms with Gasteiger partial charge in [-0.3, -0.25) is 4.79 Å². The molecule has 0 aliphatic rings. The van der Waals surface area contributed by atoms with Crippen LogP contribution in [0.15, 0.2) is 57.9 Å². The fraction of sp³-hybridized carbons (Fsp3) is 0.0714. The summed E-state index contributed by atoms with van der Waals surface area (Å²) in [6, 6.07) is 15.9. The quantitative estimate of drug-likeness (QED) is 0.609. The van der Waals surface area contributed by atoms with E-state index in [2.05, 4.69) is 28.1 Å². The van der Waals surface area contributed by atoms with E-state index in [1.54, 1.807) is 11.8 Å². The monoisotopic (exact) mass is 306 g/mol. The van der Waals surface area contributed by atoms with Gasteiger partial charge in [-0.25, -0.2) is 0 Å². The number of carbonyl (C=O) groups is 1. The predicted molar refractivity (Wildman–Crippen MR) is 75.5 cm³/mol. The number of benzene rings is 2. The van der Waals surface area contributed by atoms with Gasteiger partial charge in [0.15, 0.2) is 0 Å². The van der Waals surface area contributed by atoms with Gasteiger partial charge >= 0.3 is 0 Å². The van der Waals surface area contributed by atoms with Gasteiger partial charge in [0.25, 0.3) is 0 Å². The summed E-state index contributed by atoms with van der Waals surface area (Å²) < 4.78 is 1.09. The van der Waals surface area contributed by atoms with Crippen molar-refractivity contribution in [3.8, 4) is 0 Å². The summed E-state index contributed by atoms with van der Waals surface area (Å²) in [6.07, 6.45) is 0.878. The van der Waals surface area contributed by atoms with E-state index in [9.17, 15) is 4.79 Å². The molecule has 0 N–H and O–H groups in total. The lowest BCUT2D eigenvalue weighted by molar-refractivity contribution is 0.112. The number of thioether (sulfide) groups is 1. The molecule has 0 saturated heterocycles. The lowest BCUT2D eigenvalue weighted by Crippen LogP contribution is -1.82. The van der Waals surface area contributed by atoms with Gasteiger partial charge in [-0.1, -0.05) is 40.2 Å². The van der Waals surface area contributed by atoms with Crippen LogP contribution in [0, 0.1) is 0 Å². The molecule has 0 fully saturated rings. The van der Waals surface area contributed by atoms with Gasteiger partial charge in [0.05, 0.1) is 0 Å². The van der Waals surface area contributed by atoms with Crippen LogP contribution in [0.5, 0.6) is 0 Å². The third kappa shape index (κ3) is 3.72. The van der Waals surface area contributed by atoms with Crippen LogP contribution in [0.25, 0.3) is 0 Å². The van der Waals surface area contributed by atoms with E-state index in [1.165, 1.54) is 5.56 Å². The average Bonchev–Trinajstić information content (AvgIpc) is 2.37. The number of carbonyl (C=O) groups excluding carboxylic acids is 1. The molecular weight excluding hydrogens is 296 g/mol. The van der Waals surface area contributed by atoms with Crippen molar-refractivity contribution in [2.45, 2.75) is 10.6 Å². The normalized spacial score (nSPS) is 10.2. The van der Waals surface area contributed by atoms with Gasteiger partial charge in [-0.15, -0.1) is 11.8 Å². The van der Waals surface area contributed by atoms with E-state index in [-0.39, 0.29) is 0 Å².